The number of benzene rings is 3. The van der Waals surface area contributed by atoms with Crippen LogP contribution in [0.4, 0.5) is 5.69 Å². The van der Waals surface area contributed by atoms with Gasteiger partial charge in [-0.15, -0.1) is 10.2 Å². The number of hydrogen-bond acceptors (Lipinski definition) is 5. The minimum atomic E-state index is -0.349. The first-order valence-electron chi connectivity index (χ1n) is 12.2. The fourth-order valence-electron chi connectivity index (χ4n) is 4.46. The van der Waals surface area contributed by atoms with Crippen LogP contribution in [0.15, 0.2) is 71.9 Å². The number of para-hydroxylation sites is 1. The van der Waals surface area contributed by atoms with Crippen LogP contribution < -0.4 is 10.2 Å². The zero-order chi connectivity index (χ0) is 26.6. The van der Waals surface area contributed by atoms with E-state index >= 15 is 0 Å². The summed E-state index contributed by atoms with van der Waals surface area (Å²) in [6.07, 6.45) is 1.92. The first kappa shape index (κ1) is 26.3. The number of nitrogens with zero attached hydrogens (tertiary/aromatic N) is 4. The number of carbonyl (C=O) groups is 2. The maximum atomic E-state index is 13.2. The molecule has 194 valence electrons. The van der Waals surface area contributed by atoms with E-state index in [-0.39, 0.29) is 29.1 Å². The summed E-state index contributed by atoms with van der Waals surface area (Å²) in [6, 6.07) is 20.7. The van der Waals surface area contributed by atoms with Crippen LogP contribution in [0.3, 0.4) is 0 Å². The summed E-state index contributed by atoms with van der Waals surface area (Å²) in [5.41, 5.74) is 4.41. The number of aryl methyl sites for hydroxylation is 2. The van der Waals surface area contributed by atoms with E-state index < -0.39 is 0 Å². The lowest BCUT2D eigenvalue weighted by molar-refractivity contribution is -0.116. The van der Waals surface area contributed by atoms with Crippen LogP contribution in [0, 0.1) is 6.92 Å². The molecule has 38 heavy (non-hydrogen) atoms. The molecule has 0 spiro atoms. The Morgan fingerprint density at radius 3 is 2.68 bits per heavy atom. The summed E-state index contributed by atoms with van der Waals surface area (Å²) in [4.78, 5) is 27.9. The Kier molecular flexibility index (Phi) is 8.02. The van der Waals surface area contributed by atoms with E-state index in [1.165, 1.54) is 23.4 Å². The van der Waals surface area contributed by atoms with Crippen molar-refractivity contribution in [3.63, 3.8) is 0 Å². The second kappa shape index (κ2) is 11.6. The van der Waals surface area contributed by atoms with Crippen LogP contribution >= 0.6 is 35.0 Å². The van der Waals surface area contributed by atoms with Gasteiger partial charge in [-0.3, -0.25) is 14.2 Å². The predicted octanol–water partition coefficient (Wildman–Crippen LogP) is 5.88. The number of amides is 2. The molecule has 2 heterocycles. The van der Waals surface area contributed by atoms with Crippen molar-refractivity contribution in [3.05, 3.63) is 99.3 Å². The van der Waals surface area contributed by atoms with Gasteiger partial charge >= 0.3 is 0 Å². The molecule has 0 aliphatic carbocycles. The average molecular weight is 567 g/mol. The van der Waals surface area contributed by atoms with Crippen molar-refractivity contribution < 1.29 is 9.59 Å². The van der Waals surface area contributed by atoms with Gasteiger partial charge in [-0.1, -0.05) is 65.3 Å². The van der Waals surface area contributed by atoms with Crippen LogP contribution in [-0.4, -0.2) is 38.9 Å². The Labute approximate surface area is 235 Å². The third-order valence-corrected chi connectivity index (χ3v) is 7.74. The van der Waals surface area contributed by atoms with E-state index in [1.54, 1.807) is 12.1 Å². The molecule has 0 bridgehead atoms. The molecular formula is C28H25Cl2N5O2S. The number of thioether (sulfide) groups is 1. The zero-order valence-corrected chi connectivity index (χ0v) is 23.0. The molecule has 1 N–H and O–H groups in total. The summed E-state index contributed by atoms with van der Waals surface area (Å²) < 4.78 is 1.87. The topological polar surface area (TPSA) is 80.1 Å². The molecule has 10 heteroatoms. The summed E-state index contributed by atoms with van der Waals surface area (Å²) in [6.45, 7) is 2.82. The highest BCUT2D eigenvalue weighted by Crippen LogP contribution is 2.29. The molecule has 0 radical (unpaired) electrons. The predicted molar refractivity (Wildman–Crippen MR) is 152 cm³/mol. The molecule has 7 nitrogen and oxygen atoms in total. The molecular weight excluding hydrogens is 541 g/mol. The van der Waals surface area contributed by atoms with Crippen LogP contribution in [0.5, 0.6) is 0 Å². The molecule has 1 aromatic heterocycles. The highest BCUT2D eigenvalue weighted by atomic mass is 35.5. The summed E-state index contributed by atoms with van der Waals surface area (Å²) in [5.74, 6) is 0.421. The number of fused-ring (bicyclic) bond motifs is 1. The van der Waals surface area contributed by atoms with Crippen LogP contribution in [0.2, 0.25) is 10.0 Å². The molecule has 0 saturated carbocycles. The van der Waals surface area contributed by atoms with E-state index in [2.05, 4.69) is 21.6 Å². The molecule has 0 saturated heterocycles. The van der Waals surface area contributed by atoms with Gasteiger partial charge in [0.25, 0.3) is 5.91 Å². The highest BCUT2D eigenvalue weighted by Gasteiger charge is 2.24. The van der Waals surface area contributed by atoms with Gasteiger partial charge in [-0.2, -0.15) is 0 Å². The molecule has 2 amide bonds. The lowest BCUT2D eigenvalue weighted by atomic mass is 10.0. The Morgan fingerprint density at radius 1 is 1.03 bits per heavy atom. The van der Waals surface area contributed by atoms with E-state index in [0.29, 0.717) is 28.1 Å². The minimum absolute atomic E-state index is 0.0215. The molecule has 1 aliphatic heterocycles. The van der Waals surface area contributed by atoms with E-state index in [0.717, 1.165) is 29.8 Å². The fraction of sp³-hybridized carbons (Fsp3) is 0.214. The second-order valence-electron chi connectivity index (χ2n) is 8.95. The van der Waals surface area contributed by atoms with E-state index in [4.69, 9.17) is 23.2 Å². The van der Waals surface area contributed by atoms with Gasteiger partial charge in [-0.05, 0) is 67.3 Å². The van der Waals surface area contributed by atoms with Crippen molar-refractivity contribution in [2.75, 3.05) is 17.2 Å². The molecule has 0 unspecified atom stereocenters. The average Bonchev–Trinajstić information content (AvgIpc) is 3.33. The number of halogens is 2. The second-order valence-corrected chi connectivity index (χ2v) is 10.7. The molecule has 4 aromatic rings. The lowest BCUT2D eigenvalue weighted by Gasteiger charge is -2.29. The van der Waals surface area contributed by atoms with Crippen molar-refractivity contribution in [2.24, 2.45) is 0 Å². The fourth-order valence-corrected chi connectivity index (χ4v) is 5.80. The molecule has 3 aromatic carbocycles. The number of nitrogens with one attached hydrogen (secondary N) is 1. The third-order valence-electron chi connectivity index (χ3n) is 6.28. The third kappa shape index (κ3) is 5.72. The summed E-state index contributed by atoms with van der Waals surface area (Å²) in [7, 11) is 0. The maximum Gasteiger partial charge on any atom is 0.253 e. The van der Waals surface area contributed by atoms with Gasteiger partial charge in [0.1, 0.15) is 0 Å². The smallest absolute Gasteiger partial charge is 0.253 e. The van der Waals surface area contributed by atoms with Crippen LogP contribution in [-0.2, 0) is 17.8 Å². The number of rotatable bonds is 7. The highest BCUT2D eigenvalue weighted by molar-refractivity contribution is 7.99. The van der Waals surface area contributed by atoms with Crippen molar-refractivity contribution >= 4 is 52.5 Å². The molecule has 5 rings (SSSR count). The minimum Gasteiger partial charge on any atom is -0.345 e. The van der Waals surface area contributed by atoms with E-state index in [9.17, 15) is 9.59 Å². The van der Waals surface area contributed by atoms with Crippen molar-refractivity contribution in [2.45, 2.75) is 31.5 Å². The van der Waals surface area contributed by atoms with Gasteiger partial charge in [0.05, 0.1) is 22.9 Å². The monoisotopic (exact) mass is 565 g/mol. The number of anilines is 1. The quantitative estimate of drug-likeness (QED) is 0.283. The Hall–Kier alpha value is -3.33. The first-order valence-corrected chi connectivity index (χ1v) is 13.9. The van der Waals surface area contributed by atoms with Gasteiger partial charge in [0.15, 0.2) is 11.0 Å². The van der Waals surface area contributed by atoms with Crippen molar-refractivity contribution in [1.29, 1.82) is 0 Å². The summed E-state index contributed by atoms with van der Waals surface area (Å²) >= 11 is 13.5. The maximum absolute atomic E-state index is 13.2. The standard InChI is InChI=1S/C28H25Cl2N5O2S/c1-18-6-4-9-21(14-18)35-25(16-31-27(37)22-12-11-20(29)15-23(22)30)32-33-28(35)38-17-26(36)34-13-5-8-19-7-2-3-10-24(19)34/h2-4,6-7,9-12,14-15H,5,8,13,16-17H2,1H3,(H,31,37). The Morgan fingerprint density at radius 2 is 1.87 bits per heavy atom. The Bertz CT molecular complexity index is 1510. The SMILES string of the molecule is Cc1cccc(-n2c(CNC(=O)c3ccc(Cl)cc3Cl)nnc2SCC(=O)N2CCCc3ccccc32)c1. The van der Waals surface area contributed by atoms with Crippen LogP contribution in [0.1, 0.15) is 33.7 Å². The normalized spacial score (nSPS) is 12.8. The molecule has 0 fully saturated rings. The van der Waals surface area contributed by atoms with Gasteiger partial charge < -0.3 is 10.2 Å². The number of hydrogen-bond donors (Lipinski definition) is 1. The van der Waals surface area contributed by atoms with Crippen molar-refractivity contribution in [3.8, 4) is 5.69 Å². The van der Waals surface area contributed by atoms with Gasteiger partial charge in [0.2, 0.25) is 5.91 Å². The molecule has 0 atom stereocenters. The summed E-state index contributed by atoms with van der Waals surface area (Å²) in [5, 5.41) is 12.9. The number of carbonyl (C=O) groups excluding carboxylic acids is 2. The van der Waals surface area contributed by atoms with Crippen LogP contribution in [0.25, 0.3) is 5.69 Å². The number of aromatic nitrogens is 3. The lowest BCUT2D eigenvalue weighted by Crippen LogP contribution is -2.36. The van der Waals surface area contributed by atoms with Crippen molar-refractivity contribution in [1.82, 2.24) is 20.1 Å². The van der Waals surface area contributed by atoms with E-state index in [1.807, 2.05) is 58.9 Å². The molecule has 1 aliphatic rings. The Balaban J connectivity index is 1.36. The van der Waals surface area contributed by atoms with Gasteiger partial charge in [-0.25, -0.2) is 0 Å². The largest absolute Gasteiger partial charge is 0.345 e. The van der Waals surface area contributed by atoms with Gasteiger partial charge in [0, 0.05) is 22.9 Å². The first-order chi connectivity index (χ1) is 18.4. The zero-order valence-electron chi connectivity index (χ0n) is 20.7.